The van der Waals surface area contributed by atoms with Crippen LogP contribution in [-0.4, -0.2) is 29.9 Å². The summed E-state index contributed by atoms with van der Waals surface area (Å²) in [5.41, 5.74) is 6.15. The number of hydrogen-bond donors (Lipinski definition) is 1. The molecule has 2 saturated carbocycles. The Bertz CT molecular complexity index is 335. The number of nitrogens with zero attached hydrogens (tertiary/aromatic N) is 1. The molecule has 1 aliphatic heterocycles. The van der Waals surface area contributed by atoms with Crippen molar-refractivity contribution in [3.8, 4) is 0 Å². The third-order valence-electron chi connectivity index (χ3n) is 5.89. The molecule has 0 aromatic heterocycles. The number of hydrogen-bond acceptors (Lipinski definition) is 2. The summed E-state index contributed by atoms with van der Waals surface area (Å²) in [4.78, 5) is 15.0. The number of likely N-dealkylation sites (tertiary alicyclic amines) is 1. The van der Waals surface area contributed by atoms with Crippen LogP contribution >= 0.6 is 0 Å². The molecular weight excluding hydrogens is 224 g/mol. The maximum absolute atomic E-state index is 12.8. The molecule has 0 radical (unpaired) electrons. The van der Waals surface area contributed by atoms with Gasteiger partial charge in [0.15, 0.2) is 0 Å². The molecule has 102 valence electrons. The summed E-state index contributed by atoms with van der Waals surface area (Å²) in [6.07, 6.45) is 8.11. The average Bonchev–Trinajstić information content (AvgIpc) is 3.06. The standard InChI is InChI=1S/C15H26N2O/c1-2-15(7-3-4-8-15)14(18)17-9-11-5-6-13(16)12(11)10-17/h11-13H,2-10,16H2,1H3. The molecule has 3 atom stereocenters. The van der Waals surface area contributed by atoms with Crippen LogP contribution in [0.25, 0.3) is 0 Å². The third kappa shape index (κ3) is 1.78. The van der Waals surface area contributed by atoms with Gasteiger partial charge < -0.3 is 10.6 Å². The largest absolute Gasteiger partial charge is 0.342 e. The van der Waals surface area contributed by atoms with E-state index in [2.05, 4.69) is 11.8 Å². The molecule has 1 amide bonds. The molecule has 3 unspecified atom stereocenters. The van der Waals surface area contributed by atoms with E-state index < -0.39 is 0 Å². The zero-order valence-electron chi connectivity index (χ0n) is 11.5. The Hall–Kier alpha value is -0.570. The van der Waals surface area contributed by atoms with Crippen LogP contribution in [0.3, 0.4) is 0 Å². The monoisotopic (exact) mass is 250 g/mol. The van der Waals surface area contributed by atoms with Crippen molar-refractivity contribution >= 4 is 5.91 Å². The number of fused-ring (bicyclic) bond motifs is 1. The van der Waals surface area contributed by atoms with Gasteiger partial charge in [-0.15, -0.1) is 0 Å². The summed E-state index contributed by atoms with van der Waals surface area (Å²) >= 11 is 0. The highest BCUT2D eigenvalue weighted by atomic mass is 16.2. The summed E-state index contributed by atoms with van der Waals surface area (Å²) in [5.74, 6) is 1.73. The molecule has 0 aromatic rings. The Morgan fingerprint density at radius 2 is 2.00 bits per heavy atom. The van der Waals surface area contributed by atoms with Gasteiger partial charge in [0.2, 0.25) is 5.91 Å². The summed E-state index contributed by atoms with van der Waals surface area (Å²) in [7, 11) is 0. The molecule has 3 fully saturated rings. The molecule has 3 aliphatic rings. The molecule has 0 spiro atoms. The van der Waals surface area contributed by atoms with Crippen LogP contribution in [0.5, 0.6) is 0 Å². The van der Waals surface area contributed by atoms with Crippen LogP contribution in [0.4, 0.5) is 0 Å². The van der Waals surface area contributed by atoms with Gasteiger partial charge in [-0.3, -0.25) is 4.79 Å². The number of amides is 1. The first-order valence-electron chi connectivity index (χ1n) is 7.71. The molecule has 2 N–H and O–H groups in total. The van der Waals surface area contributed by atoms with Crippen LogP contribution < -0.4 is 5.73 Å². The van der Waals surface area contributed by atoms with Gasteiger partial charge in [-0.25, -0.2) is 0 Å². The summed E-state index contributed by atoms with van der Waals surface area (Å²) in [5, 5.41) is 0. The number of nitrogens with two attached hydrogens (primary N) is 1. The molecule has 3 rings (SSSR count). The van der Waals surface area contributed by atoms with Crippen molar-refractivity contribution in [3.63, 3.8) is 0 Å². The fourth-order valence-corrected chi connectivity index (χ4v) is 4.58. The molecule has 1 heterocycles. The van der Waals surface area contributed by atoms with Gasteiger partial charge in [0.25, 0.3) is 0 Å². The fourth-order valence-electron chi connectivity index (χ4n) is 4.58. The summed E-state index contributed by atoms with van der Waals surface area (Å²) in [6, 6.07) is 0.342. The maximum atomic E-state index is 12.8. The maximum Gasteiger partial charge on any atom is 0.228 e. The lowest BCUT2D eigenvalue weighted by Gasteiger charge is -2.32. The van der Waals surface area contributed by atoms with Crippen LogP contribution in [-0.2, 0) is 4.79 Å². The Morgan fingerprint density at radius 3 is 2.61 bits per heavy atom. The summed E-state index contributed by atoms with van der Waals surface area (Å²) < 4.78 is 0. The number of carbonyl (C=O) groups excluding carboxylic acids is 1. The molecule has 3 nitrogen and oxygen atoms in total. The van der Waals surface area contributed by atoms with Gasteiger partial charge in [-0.1, -0.05) is 19.8 Å². The van der Waals surface area contributed by atoms with Crippen molar-refractivity contribution in [1.82, 2.24) is 4.90 Å². The quantitative estimate of drug-likeness (QED) is 0.816. The van der Waals surface area contributed by atoms with E-state index in [1.807, 2.05) is 0 Å². The van der Waals surface area contributed by atoms with E-state index >= 15 is 0 Å². The summed E-state index contributed by atoms with van der Waals surface area (Å²) in [6.45, 7) is 4.11. The minimum atomic E-state index is -0.0112. The highest BCUT2D eigenvalue weighted by molar-refractivity contribution is 5.83. The van der Waals surface area contributed by atoms with Crippen molar-refractivity contribution in [1.29, 1.82) is 0 Å². The third-order valence-corrected chi connectivity index (χ3v) is 5.89. The molecular formula is C15H26N2O. The molecule has 3 heteroatoms. The Kier molecular flexibility index (Phi) is 3.13. The SMILES string of the molecule is CCC1(C(=O)N2CC3CCC(N)C3C2)CCCC1. The van der Waals surface area contributed by atoms with E-state index in [1.165, 1.54) is 19.3 Å². The highest BCUT2D eigenvalue weighted by Crippen LogP contribution is 2.45. The van der Waals surface area contributed by atoms with Crippen LogP contribution in [0.15, 0.2) is 0 Å². The number of carbonyl (C=O) groups is 1. The van der Waals surface area contributed by atoms with E-state index in [0.717, 1.165) is 38.8 Å². The Morgan fingerprint density at radius 1 is 1.28 bits per heavy atom. The first-order valence-corrected chi connectivity index (χ1v) is 7.71. The van der Waals surface area contributed by atoms with E-state index in [1.54, 1.807) is 0 Å². The second kappa shape index (κ2) is 4.52. The average molecular weight is 250 g/mol. The lowest BCUT2D eigenvalue weighted by molar-refractivity contribution is -0.141. The van der Waals surface area contributed by atoms with Crippen molar-refractivity contribution in [3.05, 3.63) is 0 Å². The second-order valence-electron chi connectivity index (χ2n) is 6.72. The van der Waals surface area contributed by atoms with E-state index in [-0.39, 0.29) is 5.41 Å². The van der Waals surface area contributed by atoms with Gasteiger partial charge in [-0.2, -0.15) is 0 Å². The van der Waals surface area contributed by atoms with E-state index in [4.69, 9.17) is 5.73 Å². The normalized spacial score (nSPS) is 38.1. The smallest absolute Gasteiger partial charge is 0.228 e. The van der Waals surface area contributed by atoms with Crippen LogP contribution in [0.2, 0.25) is 0 Å². The second-order valence-corrected chi connectivity index (χ2v) is 6.72. The van der Waals surface area contributed by atoms with Crippen molar-refractivity contribution in [2.75, 3.05) is 13.1 Å². The van der Waals surface area contributed by atoms with Crippen molar-refractivity contribution < 1.29 is 4.79 Å². The molecule has 0 aromatic carbocycles. The van der Waals surface area contributed by atoms with Gasteiger partial charge in [0.05, 0.1) is 0 Å². The Labute approximate surface area is 110 Å². The lowest BCUT2D eigenvalue weighted by Crippen LogP contribution is -2.42. The first kappa shape index (κ1) is 12.5. The predicted molar refractivity (Wildman–Crippen MR) is 72.0 cm³/mol. The lowest BCUT2D eigenvalue weighted by atomic mass is 9.82. The van der Waals surface area contributed by atoms with Crippen molar-refractivity contribution in [2.24, 2.45) is 23.0 Å². The minimum Gasteiger partial charge on any atom is -0.342 e. The van der Waals surface area contributed by atoms with Crippen LogP contribution in [0.1, 0.15) is 51.9 Å². The topological polar surface area (TPSA) is 46.3 Å². The van der Waals surface area contributed by atoms with Crippen LogP contribution in [0, 0.1) is 17.3 Å². The van der Waals surface area contributed by atoms with E-state index in [9.17, 15) is 4.79 Å². The molecule has 0 bridgehead atoms. The Balaban J connectivity index is 1.71. The fraction of sp³-hybridized carbons (Fsp3) is 0.933. The molecule has 18 heavy (non-hydrogen) atoms. The zero-order valence-corrected chi connectivity index (χ0v) is 11.5. The van der Waals surface area contributed by atoms with Gasteiger partial charge in [0.1, 0.15) is 0 Å². The molecule has 1 saturated heterocycles. The molecule has 2 aliphatic carbocycles. The van der Waals surface area contributed by atoms with E-state index in [0.29, 0.717) is 23.8 Å². The zero-order chi connectivity index (χ0) is 12.8. The van der Waals surface area contributed by atoms with Gasteiger partial charge >= 0.3 is 0 Å². The van der Waals surface area contributed by atoms with Crippen molar-refractivity contribution in [2.45, 2.75) is 57.9 Å². The minimum absolute atomic E-state index is 0.0112. The number of rotatable bonds is 2. The first-order chi connectivity index (χ1) is 8.66. The predicted octanol–water partition coefficient (Wildman–Crippen LogP) is 2.15. The highest BCUT2D eigenvalue weighted by Gasteiger charge is 2.48. The van der Waals surface area contributed by atoms with Gasteiger partial charge in [0, 0.05) is 24.5 Å². The van der Waals surface area contributed by atoms with Gasteiger partial charge in [-0.05, 0) is 43.9 Å².